The van der Waals surface area contributed by atoms with Crippen LogP contribution in [0.3, 0.4) is 0 Å². The van der Waals surface area contributed by atoms with Crippen molar-refractivity contribution in [2.24, 2.45) is 0 Å². The van der Waals surface area contributed by atoms with Crippen molar-refractivity contribution in [3.63, 3.8) is 0 Å². The highest BCUT2D eigenvalue weighted by Crippen LogP contribution is 2.61. The molecule has 1 aromatic carbocycles. The van der Waals surface area contributed by atoms with E-state index in [-0.39, 0.29) is 24.8 Å². The topological polar surface area (TPSA) is 166 Å². The number of amides is 1. The second-order valence-corrected chi connectivity index (χ2v) is 10.3. The van der Waals surface area contributed by atoms with E-state index in [1.807, 2.05) is 27.0 Å². The quantitative estimate of drug-likeness (QED) is 0.313. The number of piperidine rings is 1. The molecule has 202 valence electrons. The maximum atomic E-state index is 12.9. The zero-order valence-electron chi connectivity index (χ0n) is 21.4. The summed E-state index contributed by atoms with van der Waals surface area (Å²) in [4.78, 5) is 38.3. The van der Waals surface area contributed by atoms with E-state index in [4.69, 9.17) is 9.47 Å². The lowest BCUT2D eigenvalue weighted by molar-refractivity contribution is -0.163. The minimum absolute atomic E-state index is 0.150. The van der Waals surface area contributed by atoms with Gasteiger partial charge in [0.2, 0.25) is 5.91 Å². The molecule has 3 aliphatic rings. The molecule has 11 nitrogen and oxygen atoms in total. The van der Waals surface area contributed by atoms with Crippen LogP contribution in [-0.4, -0.2) is 86.7 Å². The first kappa shape index (κ1) is 27.1. The van der Waals surface area contributed by atoms with Gasteiger partial charge in [-0.1, -0.05) is 12.1 Å². The predicted molar refractivity (Wildman–Crippen MR) is 130 cm³/mol. The average molecular weight is 519 g/mol. The number of nitrogens with zero attached hydrogens (tertiary/aromatic N) is 1. The van der Waals surface area contributed by atoms with E-state index in [1.54, 1.807) is 12.1 Å². The summed E-state index contributed by atoms with van der Waals surface area (Å²) in [5.41, 5.74) is -0.0408. The second-order valence-electron chi connectivity index (χ2n) is 10.3. The number of nitrogens with one attached hydrogen (secondary N) is 1. The third-order valence-electron chi connectivity index (χ3n) is 8.20. The number of hydrogen-bond donors (Lipinski definition) is 5. The van der Waals surface area contributed by atoms with E-state index in [9.17, 15) is 34.8 Å². The van der Waals surface area contributed by atoms with Crippen molar-refractivity contribution < 1.29 is 44.3 Å². The van der Waals surface area contributed by atoms with Gasteiger partial charge in [0, 0.05) is 23.6 Å². The number of aliphatic hydroxyl groups is 3. The van der Waals surface area contributed by atoms with Crippen LogP contribution >= 0.6 is 0 Å². The molecule has 1 spiro atoms. The molecule has 1 aromatic rings. The molecule has 0 aromatic heterocycles. The maximum Gasteiger partial charge on any atom is 0.326 e. The molecular weight excluding hydrogens is 484 g/mol. The number of esters is 1. The van der Waals surface area contributed by atoms with Gasteiger partial charge in [-0.2, -0.15) is 0 Å². The largest absolute Gasteiger partial charge is 0.481 e. The van der Waals surface area contributed by atoms with Crippen molar-refractivity contribution in [3.05, 3.63) is 40.7 Å². The number of aliphatic hydroxyl groups excluding tert-OH is 2. The zero-order valence-corrected chi connectivity index (χ0v) is 21.4. The number of carbonyl (C=O) groups excluding carboxylic acids is 2. The monoisotopic (exact) mass is 518 g/mol. The number of carbonyl (C=O) groups is 3. The van der Waals surface area contributed by atoms with Gasteiger partial charge in [0.25, 0.3) is 0 Å². The van der Waals surface area contributed by atoms with Crippen molar-refractivity contribution >= 4 is 17.8 Å². The summed E-state index contributed by atoms with van der Waals surface area (Å²) in [5.74, 6) is -2.69. The number of fused-ring (bicyclic) bond motifs is 1. The molecule has 1 aliphatic carbocycles. The summed E-state index contributed by atoms with van der Waals surface area (Å²) < 4.78 is 12.0. The highest BCUT2D eigenvalue weighted by molar-refractivity contribution is 5.88. The number of rotatable bonds is 7. The molecule has 11 heteroatoms. The molecule has 1 fully saturated rings. The molecule has 0 radical (unpaired) electrons. The average Bonchev–Trinajstić information content (AvgIpc) is 3.20. The number of carboxylic acid groups (broad SMARTS) is 1. The Morgan fingerprint density at radius 2 is 2.03 bits per heavy atom. The maximum absolute atomic E-state index is 12.9. The Labute approximate surface area is 214 Å². The van der Waals surface area contributed by atoms with E-state index >= 15 is 0 Å². The summed E-state index contributed by atoms with van der Waals surface area (Å²) in [6, 6.07) is 1.77. The third kappa shape index (κ3) is 4.19. The van der Waals surface area contributed by atoms with Crippen LogP contribution in [0.1, 0.15) is 49.8 Å². The fraction of sp³-hybridized carbons (Fsp3) is 0.577. The Morgan fingerprint density at radius 3 is 2.65 bits per heavy atom. The number of aryl methyl sites for hydroxylation is 1. The molecule has 1 amide bonds. The molecule has 0 bridgehead atoms. The van der Waals surface area contributed by atoms with Gasteiger partial charge in [-0.3, -0.25) is 9.59 Å². The Morgan fingerprint density at radius 1 is 1.32 bits per heavy atom. The van der Waals surface area contributed by atoms with Crippen molar-refractivity contribution in [2.75, 3.05) is 13.6 Å². The van der Waals surface area contributed by atoms with Crippen LogP contribution in [0.15, 0.2) is 24.0 Å². The van der Waals surface area contributed by atoms with Gasteiger partial charge in [-0.15, -0.1) is 0 Å². The predicted octanol–water partition coefficient (Wildman–Crippen LogP) is 0.112. The van der Waals surface area contributed by atoms with Gasteiger partial charge in [0.05, 0.1) is 24.0 Å². The molecule has 0 saturated carbocycles. The Balaban J connectivity index is 1.70. The number of benzene rings is 1. The SMILES string of the molecule is Cc1ccc(CO)c2c1[C@]13CCN(C)[C@H](C)[C@]1(O)CC=C(OC(=O)C[C@H](NC(=O)[C@H](C)O)C(=O)O)[C@@H]3O2. The van der Waals surface area contributed by atoms with Crippen molar-refractivity contribution in [3.8, 4) is 5.75 Å². The number of aliphatic carboxylic acids is 1. The molecule has 0 unspecified atom stereocenters. The van der Waals surface area contributed by atoms with Gasteiger partial charge in [-0.05, 0) is 52.4 Å². The minimum atomic E-state index is -1.60. The van der Waals surface area contributed by atoms with Gasteiger partial charge in [-0.25, -0.2) is 4.79 Å². The molecule has 2 heterocycles. The summed E-state index contributed by atoms with van der Waals surface area (Å²) in [7, 11) is 1.94. The fourth-order valence-corrected chi connectivity index (χ4v) is 6.03. The highest BCUT2D eigenvalue weighted by Gasteiger charge is 2.69. The van der Waals surface area contributed by atoms with Crippen LogP contribution in [0.25, 0.3) is 0 Å². The molecule has 5 N–H and O–H groups in total. The van der Waals surface area contributed by atoms with Crippen molar-refractivity contribution in [1.29, 1.82) is 0 Å². The fourth-order valence-electron chi connectivity index (χ4n) is 6.03. The smallest absolute Gasteiger partial charge is 0.326 e. The number of ether oxygens (including phenoxy) is 2. The van der Waals surface area contributed by atoms with Crippen LogP contribution in [0.2, 0.25) is 0 Å². The lowest BCUT2D eigenvalue weighted by atomic mass is 9.54. The normalized spacial score (nSPS) is 30.1. The molecule has 37 heavy (non-hydrogen) atoms. The summed E-state index contributed by atoms with van der Waals surface area (Å²) in [5, 5.41) is 43.2. The van der Waals surface area contributed by atoms with E-state index < -0.39 is 53.5 Å². The van der Waals surface area contributed by atoms with Gasteiger partial charge < -0.3 is 40.1 Å². The number of carboxylic acids is 1. The molecule has 1 saturated heterocycles. The van der Waals surface area contributed by atoms with Crippen LogP contribution in [-0.2, 0) is 31.1 Å². The van der Waals surface area contributed by atoms with Crippen LogP contribution in [0.5, 0.6) is 5.75 Å². The first-order valence-corrected chi connectivity index (χ1v) is 12.3. The van der Waals surface area contributed by atoms with Gasteiger partial charge in [0.1, 0.15) is 23.7 Å². The highest BCUT2D eigenvalue weighted by atomic mass is 16.6. The number of likely N-dealkylation sites (N-methyl/N-ethyl adjacent to an activating group) is 1. The first-order chi connectivity index (χ1) is 17.4. The summed E-state index contributed by atoms with van der Waals surface area (Å²) >= 11 is 0. The standard InChI is InChI=1S/C26H34N2O9/c1-13-5-6-16(12-29)21-20(13)25-9-10-28(4)15(3)26(25,35)8-7-18(22(25)37-21)36-19(31)11-17(24(33)34)27-23(32)14(2)30/h5-7,14-15,17,22,29-30,35H,8-12H2,1-4H3,(H,27,32)(H,33,34)/t14-,15+,17-,22-,25-,26+/m0/s1. The van der Waals surface area contributed by atoms with Crippen LogP contribution in [0, 0.1) is 6.92 Å². The molecule has 6 atom stereocenters. The Kier molecular flexibility index (Phi) is 7.10. The summed E-state index contributed by atoms with van der Waals surface area (Å²) in [6.45, 7) is 5.39. The minimum Gasteiger partial charge on any atom is -0.481 e. The molecular formula is C26H34N2O9. The van der Waals surface area contributed by atoms with Crippen LogP contribution in [0.4, 0.5) is 0 Å². The van der Waals surface area contributed by atoms with Crippen molar-refractivity contribution in [2.45, 2.75) is 81.9 Å². The van der Waals surface area contributed by atoms with E-state index in [0.717, 1.165) is 11.1 Å². The third-order valence-corrected chi connectivity index (χ3v) is 8.20. The molecule has 4 rings (SSSR count). The van der Waals surface area contributed by atoms with Crippen molar-refractivity contribution in [1.82, 2.24) is 10.2 Å². The lowest BCUT2D eigenvalue weighted by Gasteiger charge is -2.58. The molecule has 2 aliphatic heterocycles. The van der Waals surface area contributed by atoms with E-state index in [0.29, 0.717) is 24.3 Å². The van der Waals surface area contributed by atoms with Gasteiger partial charge >= 0.3 is 11.9 Å². The second kappa shape index (κ2) is 9.71. The Hall–Kier alpha value is -2.99. The number of likely N-dealkylation sites (tertiary alicyclic amines) is 1. The number of hydrogen-bond acceptors (Lipinski definition) is 9. The zero-order chi connectivity index (χ0) is 27.3. The van der Waals surface area contributed by atoms with Crippen LogP contribution < -0.4 is 10.1 Å². The van der Waals surface area contributed by atoms with E-state index in [2.05, 4.69) is 10.2 Å². The van der Waals surface area contributed by atoms with Gasteiger partial charge in [0.15, 0.2) is 6.10 Å². The summed E-state index contributed by atoms with van der Waals surface area (Å²) in [6.07, 6.45) is -0.762. The lowest BCUT2D eigenvalue weighted by Crippen LogP contribution is -2.71. The van der Waals surface area contributed by atoms with E-state index in [1.165, 1.54) is 6.92 Å². The Bertz CT molecular complexity index is 1150. The first-order valence-electron chi connectivity index (χ1n) is 12.3.